The second-order valence-corrected chi connectivity index (χ2v) is 10.3. The Balaban J connectivity index is 1.06. The van der Waals surface area contributed by atoms with Crippen LogP contribution < -0.4 is 0 Å². The summed E-state index contributed by atoms with van der Waals surface area (Å²) < 4.78 is 19.2. The van der Waals surface area contributed by atoms with Crippen LogP contribution in [0.15, 0.2) is 47.0 Å². The smallest absolute Gasteiger partial charge is 0.270 e. The number of nitrogens with one attached hydrogen (secondary N) is 1. The molecule has 6 nitrogen and oxygen atoms in total. The molecule has 6 rings (SSSR count). The van der Waals surface area contributed by atoms with E-state index in [1.54, 1.807) is 6.07 Å². The first-order valence-electron chi connectivity index (χ1n) is 12.7. The molecule has 0 aliphatic carbocycles. The molecule has 0 saturated carbocycles. The van der Waals surface area contributed by atoms with Gasteiger partial charge in [0.15, 0.2) is 5.58 Å². The Kier molecular flexibility index (Phi) is 5.80. The van der Waals surface area contributed by atoms with Crippen molar-refractivity contribution >= 4 is 27.8 Å². The van der Waals surface area contributed by atoms with Crippen LogP contribution in [0.25, 0.3) is 21.9 Å². The largest absolute Gasteiger partial charge is 0.356 e. The van der Waals surface area contributed by atoms with Crippen molar-refractivity contribution in [3.8, 4) is 0 Å². The second-order valence-electron chi connectivity index (χ2n) is 10.3. The van der Waals surface area contributed by atoms with E-state index in [0.29, 0.717) is 23.1 Å². The van der Waals surface area contributed by atoms with Crippen LogP contribution in [0.1, 0.15) is 53.3 Å². The quantitative estimate of drug-likeness (QED) is 0.425. The molecule has 0 unspecified atom stereocenters. The number of piperidine rings is 2. The summed E-state index contributed by atoms with van der Waals surface area (Å²) in [6.45, 7) is 6.67. The molecule has 4 aromatic rings. The first-order chi connectivity index (χ1) is 17.0. The fourth-order valence-corrected chi connectivity index (χ4v) is 5.90. The number of halogens is 1. The van der Waals surface area contributed by atoms with Crippen LogP contribution >= 0.6 is 0 Å². The zero-order chi connectivity index (χ0) is 23.9. The van der Waals surface area contributed by atoms with Crippen LogP contribution in [0.2, 0.25) is 0 Å². The standard InChI is InChI=1S/C28H31FN4O2/c1-18-4-5-21-14-25(30-24(21)13-18)28(34)33-10-2-3-19(17-33)16-32-11-8-20(9-12-32)27-23-15-22(29)6-7-26(23)35-31-27/h4-7,13-15,19-20,30H,2-3,8-12,16-17H2,1H3/t19-/m1/s1. The van der Waals surface area contributed by atoms with Gasteiger partial charge in [0.25, 0.3) is 5.91 Å². The summed E-state index contributed by atoms with van der Waals surface area (Å²) in [5.41, 5.74) is 4.43. The van der Waals surface area contributed by atoms with Crippen LogP contribution in [0.5, 0.6) is 0 Å². The molecule has 4 heterocycles. The minimum Gasteiger partial charge on any atom is -0.356 e. The van der Waals surface area contributed by atoms with Crippen molar-refractivity contribution in [1.29, 1.82) is 0 Å². The number of carbonyl (C=O) groups is 1. The van der Waals surface area contributed by atoms with Gasteiger partial charge in [0, 0.05) is 41.8 Å². The van der Waals surface area contributed by atoms with Gasteiger partial charge in [-0.25, -0.2) is 4.39 Å². The van der Waals surface area contributed by atoms with Gasteiger partial charge >= 0.3 is 0 Å². The molecular formula is C28H31FN4O2. The number of rotatable bonds is 4. The number of hydrogen-bond acceptors (Lipinski definition) is 4. The number of likely N-dealkylation sites (tertiary alicyclic amines) is 2. The minimum absolute atomic E-state index is 0.104. The van der Waals surface area contributed by atoms with E-state index in [4.69, 9.17) is 4.52 Å². The Morgan fingerprint density at radius 1 is 1.11 bits per heavy atom. The number of aromatic amines is 1. The van der Waals surface area contributed by atoms with Gasteiger partial charge in [-0.15, -0.1) is 0 Å². The maximum Gasteiger partial charge on any atom is 0.270 e. The molecule has 0 radical (unpaired) electrons. The molecule has 1 amide bonds. The highest BCUT2D eigenvalue weighted by Crippen LogP contribution is 2.33. The van der Waals surface area contributed by atoms with Crippen molar-refractivity contribution in [2.45, 2.75) is 38.5 Å². The van der Waals surface area contributed by atoms with Gasteiger partial charge in [-0.2, -0.15) is 0 Å². The van der Waals surface area contributed by atoms with Crippen molar-refractivity contribution < 1.29 is 13.7 Å². The summed E-state index contributed by atoms with van der Waals surface area (Å²) in [7, 11) is 0. The number of fused-ring (bicyclic) bond motifs is 2. The average molecular weight is 475 g/mol. The normalized spacial score (nSPS) is 20.2. The number of carbonyl (C=O) groups excluding carboxylic acids is 1. The van der Waals surface area contributed by atoms with Crippen LogP contribution in [0, 0.1) is 18.7 Å². The number of nitrogens with zero attached hydrogens (tertiary/aromatic N) is 3. The molecule has 1 atom stereocenters. The molecule has 2 aliphatic rings. The molecule has 2 fully saturated rings. The third-order valence-electron chi connectivity index (χ3n) is 7.77. The lowest BCUT2D eigenvalue weighted by molar-refractivity contribution is 0.0622. The zero-order valence-electron chi connectivity index (χ0n) is 20.1. The molecule has 2 aromatic carbocycles. The summed E-state index contributed by atoms with van der Waals surface area (Å²) in [4.78, 5) is 21.1. The van der Waals surface area contributed by atoms with Crippen molar-refractivity contribution in [2.75, 3.05) is 32.7 Å². The highest BCUT2D eigenvalue weighted by molar-refractivity contribution is 5.98. The topological polar surface area (TPSA) is 65.4 Å². The van der Waals surface area contributed by atoms with Crippen LogP contribution in [-0.2, 0) is 0 Å². The molecule has 2 saturated heterocycles. The van der Waals surface area contributed by atoms with Crippen LogP contribution in [-0.4, -0.2) is 58.6 Å². The van der Waals surface area contributed by atoms with E-state index in [0.717, 1.165) is 80.4 Å². The fourth-order valence-electron chi connectivity index (χ4n) is 5.90. The molecule has 7 heteroatoms. The first-order valence-corrected chi connectivity index (χ1v) is 12.7. The third-order valence-corrected chi connectivity index (χ3v) is 7.77. The summed E-state index contributed by atoms with van der Waals surface area (Å²) in [5, 5.41) is 6.16. The maximum atomic E-state index is 13.7. The van der Waals surface area contributed by atoms with E-state index in [1.807, 2.05) is 11.0 Å². The lowest BCUT2D eigenvalue weighted by Crippen LogP contribution is -2.45. The molecule has 0 spiro atoms. The van der Waals surface area contributed by atoms with Gasteiger partial charge in [-0.1, -0.05) is 17.3 Å². The monoisotopic (exact) mass is 474 g/mol. The first kappa shape index (κ1) is 22.3. The summed E-state index contributed by atoms with van der Waals surface area (Å²) in [6.07, 6.45) is 4.18. The Hall–Kier alpha value is -3.19. The van der Waals surface area contributed by atoms with Gasteiger partial charge in [0.05, 0.1) is 5.69 Å². The minimum atomic E-state index is -0.252. The van der Waals surface area contributed by atoms with E-state index in [1.165, 1.54) is 17.7 Å². The van der Waals surface area contributed by atoms with Crippen molar-refractivity contribution in [3.63, 3.8) is 0 Å². The predicted octanol–water partition coefficient (Wildman–Crippen LogP) is 5.49. The van der Waals surface area contributed by atoms with Gasteiger partial charge in [-0.3, -0.25) is 4.79 Å². The Bertz CT molecular complexity index is 1370. The molecule has 2 aliphatic heterocycles. The Labute approximate surface area is 204 Å². The van der Waals surface area contributed by atoms with Crippen molar-refractivity contribution in [2.24, 2.45) is 5.92 Å². The van der Waals surface area contributed by atoms with Gasteiger partial charge in [0.1, 0.15) is 11.5 Å². The van der Waals surface area contributed by atoms with E-state index in [9.17, 15) is 9.18 Å². The molecule has 0 bridgehead atoms. The summed E-state index contributed by atoms with van der Waals surface area (Å²) in [6, 6.07) is 12.8. The number of hydrogen-bond donors (Lipinski definition) is 1. The second kappa shape index (κ2) is 9.11. The lowest BCUT2D eigenvalue weighted by Gasteiger charge is -2.38. The van der Waals surface area contributed by atoms with Gasteiger partial charge in [0.2, 0.25) is 0 Å². The average Bonchev–Trinajstić information content (AvgIpc) is 3.48. The van der Waals surface area contributed by atoms with E-state index in [-0.39, 0.29) is 11.7 Å². The SMILES string of the molecule is Cc1ccc2cc(C(=O)N3CCC[C@H](CN4CCC(c5noc6ccc(F)cc56)CC4)C3)[nH]c2c1. The summed E-state index contributed by atoms with van der Waals surface area (Å²) >= 11 is 0. The number of benzene rings is 2. The third kappa shape index (κ3) is 4.45. The zero-order valence-corrected chi connectivity index (χ0v) is 20.1. The highest BCUT2D eigenvalue weighted by Gasteiger charge is 2.30. The van der Waals surface area contributed by atoms with Gasteiger partial charge in [-0.05, 0) is 87.5 Å². The molecular weight excluding hydrogens is 443 g/mol. The summed E-state index contributed by atoms with van der Waals surface area (Å²) in [5.74, 6) is 0.632. The van der Waals surface area contributed by atoms with Gasteiger partial charge < -0.3 is 19.3 Å². The maximum absolute atomic E-state index is 13.7. The van der Waals surface area contributed by atoms with Crippen LogP contribution in [0.3, 0.4) is 0 Å². The van der Waals surface area contributed by atoms with Crippen LogP contribution in [0.4, 0.5) is 4.39 Å². The van der Waals surface area contributed by atoms with E-state index in [2.05, 4.69) is 40.2 Å². The van der Waals surface area contributed by atoms with Crippen molar-refractivity contribution in [1.82, 2.24) is 19.9 Å². The highest BCUT2D eigenvalue weighted by atomic mass is 19.1. The molecule has 35 heavy (non-hydrogen) atoms. The number of amides is 1. The molecule has 1 N–H and O–H groups in total. The molecule has 2 aromatic heterocycles. The predicted molar refractivity (Wildman–Crippen MR) is 134 cm³/mol. The number of aromatic nitrogens is 2. The fraction of sp³-hybridized carbons (Fsp3) is 0.429. The van der Waals surface area contributed by atoms with Crippen molar-refractivity contribution in [3.05, 3.63) is 65.2 Å². The van der Waals surface area contributed by atoms with E-state index < -0.39 is 0 Å². The molecule has 182 valence electrons. The number of H-pyrrole nitrogens is 1. The van der Waals surface area contributed by atoms with E-state index >= 15 is 0 Å². The lowest BCUT2D eigenvalue weighted by atomic mass is 9.90. The Morgan fingerprint density at radius 3 is 2.83 bits per heavy atom. The number of aryl methyl sites for hydroxylation is 1. The Morgan fingerprint density at radius 2 is 1.97 bits per heavy atom.